The summed E-state index contributed by atoms with van der Waals surface area (Å²) in [6.45, 7) is 11.3. The molecule has 2 fully saturated rings. The molecule has 0 amide bonds. The van der Waals surface area contributed by atoms with Gasteiger partial charge < -0.3 is 10.6 Å². The molecule has 0 radical (unpaired) electrons. The number of anilines is 1. The number of nitrogens with one attached hydrogen (secondary N) is 2. The summed E-state index contributed by atoms with van der Waals surface area (Å²) in [7, 11) is 0. The minimum atomic E-state index is 0.305. The number of carbonyl (C=O) groups is 1. The normalized spacial score (nSPS) is 26.8. The average Bonchev–Trinajstić information content (AvgIpc) is 3.18. The number of hydrogen-bond donors (Lipinski definition) is 2. The van der Waals surface area contributed by atoms with Crippen LogP contribution in [0.25, 0.3) is 5.70 Å². The molecule has 2 aromatic heterocycles. The molecule has 0 aromatic carbocycles. The molecule has 0 spiro atoms. The zero-order valence-corrected chi connectivity index (χ0v) is 22.0. The Kier molecular flexibility index (Phi) is 8.22. The lowest BCUT2D eigenvalue weighted by Gasteiger charge is -2.50. The number of aromatic nitrogens is 2. The van der Waals surface area contributed by atoms with Crippen molar-refractivity contribution in [3.05, 3.63) is 44.9 Å². The Labute approximate surface area is 211 Å². The first-order valence-corrected chi connectivity index (χ1v) is 13.9. The molecule has 2 aliphatic rings. The van der Waals surface area contributed by atoms with Crippen LogP contribution in [-0.2, 0) is 6.54 Å². The standard InChI is InChI=1S/C26H35N5OS2/c1-17-7-21-8-18(2)10-26(9-17,11-21)30-13-20-5-6-23(28-12-20)29-16-33-15-22(27-4)25-19(3)31-24(14-32)34-25/h5-6,12,14-15,17-18,21,30H,4,7-11,13,16H2,1-3H3,(H,28,29)/b22-15-. The van der Waals surface area contributed by atoms with Crippen LogP contribution in [0.3, 0.4) is 0 Å². The maximum Gasteiger partial charge on any atom is 0.178 e. The number of aryl methyl sites for hydroxylation is 1. The fourth-order valence-electron chi connectivity index (χ4n) is 5.95. The van der Waals surface area contributed by atoms with Gasteiger partial charge in [0.1, 0.15) is 5.82 Å². The highest BCUT2D eigenvalue weighted by Gasteiger charge is 2.43. The fraction of sp³-hybridized carbons (Fsp3) is 0.538. The molecule has 0 aliphatic heterocycles. The third kappa shape index (κ3) is 6.15. The minimum absolute atomic E-state index is 0.305. The van der Waals surface area contributed by atoms with E-state index in [1.165, 1.54) is 49.0 Å². The minimum Gasteiger partial charge on any atom is -0.361 e. The molecule has 2 N–H and O–H groups in total. The lowest BCUT2D eigenvalue weighted by molar-refractivity contribution is 0.0542. The van der Waals surface area contributed by atoms with Crippen molar-refractivity contribution in [3.8, 4) is 0 Å². The SMILES string of the molecule is C=N/C(=C\SCNc1ccc(CNC23CC(C)CC(CC(C)C2)C3)cn1)c1sc(C=O)nc1C. The van der Waals surface area contributed by atoms with E-state index in [2.05, 4.69) is 52.2 Å². The first-order valence-electron chi connectivity index (χ1n) is 12.0. The lowest BCUT2D eigenvalue weighted by atomic mass is 9.61. The van der Waals surface area contributed by atoms with Gasteiger partial charge in [-0.2, -0.15) is 0 Å². The van der Waals surface area contributed by atoms with Crippen molar-refractivity contribution in [3.63, 3.8) is 0 Å². The van der Waals surface area contributed by atoms with Gasteiger partial charge in [0.25, 0.3) is 0 Å². The van der Waals surface area contributed by atoms with E-state index >= 15 is 0 Å². The van der Waals surface area contributed by atoms with Gasteiger partial charge >= 0.3 is 0 Å². The van der Waals surface area contributed by atoms with E-state index in [4.69, 9.17) is 0 Å². The highest BCUT2D eigenvalue weighted by atomic mass is 32.2. The summed E-state index contributed by atoms with van der Waals surface area (Å²) in [5.41, 5.74) is 3.07. The van der Waals surface area contributed by atoms with Crippen LogP contribution in [0.15, 0.2) is 28.7 Å². The summed E-state index contributed by atoms with van der Waals surface area (Å²) in [5.74, 6) is 4.03. The second-order valence-electron chi connectivity index (χ2n) is 10.1. The zero-order valence-electron chi connectivity index (χ0n) is 20.3. The van der Waals surface area contributed by atoms with E-state index in [0.717, 1.165) is 52.7 Å². The largest absolute Gasteiger partial charge is 0.361 e. The molecule has 2 heterocycles. The molecule has 6 nitrogen and oxygen atoms in total. The summed E-state index contributed by atoms with van der Waals surface area (Å²) in [5, 5.41) is 9.69. The molecular formula is C26H35N5OS2. The Hall–Kier alpha value is -2.03. The number of carbonyl (C=O) groups excluding carboxylic acids is 1. The molecule has 2 aromatic rings. The Morgan fingerprint density at radius 1 is 1.29 bits per heavy atom. The highest BCUT2D eigenvalue weighted by Crippen LogP contribution is 2.47. The van der Waals surface area contributed by atoms with Gasteiger partial charge in [-0.1, -0.05) is 19.9 Å². The molecule has 34 heavy (non-hydrogen) atoms. The molecule has 0 saturated heterocycles. The number of thioether (sulfide) groups is 1. The second kappa shape index (κ2) is 11.1. The Morgan fingerprint density at radius 3 is 2.68 bits per heavy atom. The number of pyridine rings is 1. The number of thiazole rings is 1. The molecule has 2 aliphatic carbocycles. The van der Waals surface area contributed by atoms with Crippen molar-refractivity contribution >= 4 is 47.6 Å². The maximum atomic E-state index is 11.0. The van der Waals surface area contributed by atoms with Crippen molar-refractivity contribution in [2.45, 2.75) is 65.0 Å². The third-order valence-corrected chi connectivity index (χ3v) is 8.78. The molecule has 2 bridgehead atoms. The van der Waals surface area contributed by atoms with Gasteiger partial charge in [0.05, 0.1) is 22.1 Å². The first kappa shape index (κ1) is 25.1. The summed E-state index contributed by atoms with van der Waals surface area (Å²) < 4.78 is 0. The number of rotatable bonds is 10. The van der Waals surface area contributed by atoms with Gasteiger partial charge in [0, 0.05) is 18.3 Å². The van der Waals surface area contributed by atoms with Gasteiger partial charge in [0.15, 0.2) is 11.3 Å². The fourth-order valence-corrected chi connectivity index (χ4v) is 7.55. The van der Waals surface area contributed by atoms with E-state index in [9.17, 15) is 4.79 Å². The van der Waals surface area contributed by atoms with Crippen LogP contribution in [0.1, 0.15) is 71.9 Å². The number of aldehydes is 1. The van der Waals surface area contributed by atoms with Crippen molar-refractivity contribution in [1.29, 1.82) is 0 Å². The number of nitrogens with zero attached hydrogens (tertiary/aromatic N) is 3. The second-order valence-corrected chi connectivity index (χ2v) is 12.0. The predicted octanol–water partition coefficient (Wildman–Crippen LogP) is 6.16. The Balaban J connectivity index is 1.27. The summed E-state index contributed by atoms with van der Waals surface area (Å²) in [6.07, 6.45) is 9.46. The van der Waals surface area contributed by atoms with Crippen LogP contribution in [0.2, 0.25) is 0 Å². The lowest BCUT2D eigenvalue weighted by Crippen LogP contribution is -2.54. The van der Waals surface area contributed by atoms with Crippen LogP contribution in [0.4, 0.5) is 5.82 Å². The summed E-state index contributed by atoms with van der Waals surface area (Å²) >= 11 is 2.91. The highest BCUT2D eigenvalue weighted by molar-refractivity contribution is 8.02. The first-order chi connectivity index (χ1) is 16.4. The number of aliphatic imine (C=N–C) groups is 1. The summed E-state index contributed by atoms with van der Waals surface area (Å²) in [4.78, 5) is 24.8. The Morgan fingerprint density at radius 2 is 2.06 bits per heavy atom. The van der Waals surface area contributed by atoms with Gasteiger partial charge in [-0.25, -0.2) is 9.97 Å². The van der Waals surface area contributed by atoms with Crippen LogP contribution in [-0.4, -0.2) is 34.4 Å². The van der Waals surface area contributed by atoms with Crippen LogP contribution >= 0.6 is 23.1 Å². The quantitative estimate of drug-likeness (QED) is 0.177. The Bertz CT molecular complexity index is 1010. The molecule has 8 heteroatoms. The third-order valence-electron chi connectivity index (χ3n) is 6.97. The van der Waals surface area contributed by atoms with E-state index in [-0.39, 0.29) is 0 Å². The van der Waals surface area contributed by atoms with Crippen LogP contribution < -0.4 is 10.6 Å². The average molecular weight is 498 g/mol. The van der Waals surface area contributed by atoms with Crippen molar-refractivity contribution in [2.75, 3.05) is 11.2 Å². The topological polar surface area (TPSA) is 79.3 Å². The molecule has 2 unspecified atom stereocenters. The van der Waals surface area contributed by atoms with Crippen LogP contribution in [0, 0.1) is 24.7 Å². The summed E-state index contributed by atoms with van der Waals surface area (Å²) in [6, 6.07) is 4.21. The molecule has 4 rings (SSSR count). The van der Waals surface area contributed by atoms with Crippen molar-refractivity contribution in [2.24, 2.45) is 22.7 Å². The molecule has 2 saturated carbocycles. The van der Waals surface area contributed by atoms with Crippen molar-refractivity contribution < 1.29 is 4.79 Å². The molecule has 2 atom stereocenters. The van der Waals surface area contributed by atoms with E-state index in [0.29, 0.717) is 16.4 Å². The number of hydrogen-bond acceptors (Lipinski definition) is 8. The van der Waals surface area contributed by atoms with Gasteiger partial charge in [-0.15, -0.1) is 23.1 Å². The molecule has 182 valence electrons. The van der Waals surface area contributed by atoms with Gasteiger partial charge in [-0.3, -0.25) is 9.79 Å². The monoisotopic (exact) mass is 497 g/mol. The number of fused-ring (bicyclic) bond motifs is 2. The van der Waals surface area contributed by atoms with Crippen LogP contribution in [0.5, 0.6) is 0 Å². The van der Waals surface area contributed by atoms with E-state index in [1.807, 2.05) is 24.6 Å². The zero-order chi connectivity index (χ0) is 24.1. The van der Waals surface area contributed by atoms with E-state index < -0.39 is 0 Å². The van der Waals surface area contributed by atoms with Gasteiger partial charge in [-0.05, 0) is 80.5 Å². The van der Waals surface area contributed by atoms with Crippen molar-refractivity contribution in [1.82, 2.24) is 15.3 Å². The smallest absolute Gasteiger partial charge is 0.178 e. The molecular weight excluding hydrogens is 462 g/mol. The predicted molar refractivity (Wildman–Crippen MR) is 145 cm³/mol. The maximum absolute atomic E-state index is 11.0. The van der Waals surface area contributed by atoms with E-state index in [1.54, 1.807) is 11.8 Å². The van der Waals surface area contributed by atoms with Gasteiger partial charge in [0.2, 0.25) is 0 Å².